The lowest BCUT2D eigenvalue weighted by atomic mass is 9.74. The minimum Gasteiger partial charge on any atom is -0.481 e. The van der Waals surface area contributed by atoms with E-state index in [9.17, 15) is 4.79 Å². The Labute approximate surface area is 161 Å². The second-order valence-corrected chi connectivity index (χ2v) is 7.51. The van der Waals surface area contributed by atoms with Gasteiger partial charge in [-0.15, -0.1) is 0 Å². The number of aryl methyl sites for hydroxylation is 2. The summed E-state index contributed by atoms with van der Waals surface area (Å²) in [6.07, 6.45) is 1.27. The molecule has 1 fully saturated rings. The Hall–Kier alpha value is -2.33. The van der Waals surface area contributed by atoms with Gasteiger partial charge in [0, 0.05) is 25.2 Å². The highest BCUT2D eigenvalue weighted by atomic mass is 16.5. The van der Waals surface area contributed by atoms with Gasteiger partial charge in [-0.25, -0.2) is 0 Å². The van der Waals surface area contributed by atoms with Crippen molar-refractivity contribution in [3.63, 3.8) is 0 Å². The largest absolute Gasteiger partial charge is 0.481 e. The molecule has 0 saturated carbocycles. The summed E-state index contributed by atoms with van der Waals surface area (Å²) in [4.78, 5) is 12.7. The van der Waals surface area contributed by atoms with Gasteiger partial charge in [-0.1, -0.05) is 42.5 Å². The molecule has 0 aromatic heterocycles. The molecule has 2 aromatic rings. The predicted octanol–water partition coefficient (Wildman–Crippen LogP) is 3.94. The minimum absolute atomic E-state index is 0.0753. The number of rotatable bonds is 6. The highest BCUT2D eigenvalue weighted by molar-refractivity contribution is 5.80. The van der Waals surface area contributed by atoms with Gasteiger partial charge in [-0.2, -0.15) is 0 Å². The maximum Gasteiger partial charge on any atom is 0.260 e. The van der Waals surface area contributed by atoms with Crippen molar-refractivity contribution in [2.75, 3.05) is 19.8 Å². The number of ether oxygens (including phenoxy) is 2. The maximum atomic E-state index is 12.7. The van der Waals surface area contributed by atoms with Gasteiger partial charge in [0.25, 0.3) is 5.91 Å². The van der Waals surface area contributed by atoms with Crippen LogP contribution in [0.5, 0.6) is 5.75 Å². The van der Waals surface area contributed by atoms with Gasteiger partial charge in [-0.05, 0) is 56.4 Å². The van der Waals surface area contributed by atoms with E-state index in [0.29, 0.717) is 6.54 Å². The van der Waals surface area contributed by atoms with Crippen molar-refractivity contribution in [2.45, 2.75) is 45.1 Å². The molecule has 1 aliphatic rings. The first-order valence-corrected chi connectivity index (χ1v) is 9.65. The van der Waals surface area contributed by atoms with Crippen molar-refractivity contribution in [1.29, 1.82) is 0 Å². The average Bonchev–Trinajstić information content (AvgIpc) is 2.70. The Morgan fingerprint density at radius 3 is 2.56 bits per heavy atom. The summed E-state index contributed by atoms with van der Waals surface area (Å²) in [6.45, 7) is 7.85. The van der Waals surface area contributed by atoms with Gasteiger partial charge in [0.05, 0.1) is 0 Å². The van der Waals surface area contributed by atoms with Gasteiger partial charge in [0.1, 0.15) is 5.75 Å². The van der Waals surface area contributed by atoms with Gasteiger partial charge >= 0.3 is 0 Å². The minimum atomic E-state index is -0.543. The standard InChI is InChI=1S/C23H29NO3/c1-17-9-10-18(2)21(15-17)27-19(3)22(25)24-16-23(11-13-26-14-12-23)20-7-5-4-6-8-20/h4-10,15,19H,11-14,16H2,1-3H3,(H,24,25)/t19-/m0/s1. The molecule has 1 amide bonds. The van der Waals surface area contributed by atoms with E-state index in [1.807, 2.05) is 38.1 Å². The second kappa shape index (κ2) is 8.57. The van der Waals surface area contributed by atoms with Crippen LogP contribution >= 0.6 is 0 Å². The molecule has 1 heterocycles. The molecule has 0 spiro atoms. The fourth-order valence-corrected chi connectivity index (χ4v) is 3.60. The van der Waals surface area contributed by atoms with Crippen LogP contribution in [-0.2, 0) is 14.9 Å². The Balaban J connectivity index is 1.66. The van der Waals surface area contributed by atoms with E-state index in [-0.39, 0.29) is 11.3 Å². The van der Waals surface area contributed by atoms with E-state index in [4.69, 9.17) is 9.47 Å². The van der Waals surface area contributed by atoms with E-state index < -0.39 is 6.10 Å². The molecular weight excluding hydrogens is 338 g/mol. The lowest BCUT2D eigenvalue weighted by Gasteiger charge is -2.38. The van der Waals surface area contributed by atoms with Crippen LogP contribution < -0.4 is 10.1 Å². The van der Waals surface area contributed by atoms with E-state index in [0.717, 1.165) is 42.9 Å². The van der Waals surface area contributed by atoms with Crippen LogP contribution in [0.2, 0.25) is 0 Å². The van der Waals surface area contributed by atoms with Gasteiger partial charge in [0.15, 0.2) is 6.10 Å². The number of carbonyl (C=O) groups is 1. The molecule has 0 bridgehead atoms. The van der Waals surface area contributed by atoms with Crippen LogP contribution in [0.1, 0.15) is 36.5 Å². The first kappa shape index (κ1) is 19.4. The van der Waals surface area contributed by atoms with Gasteiger partial charge < -0.3 is 14.8 Å². The van der Waals surface area contributed by atoms with Crippen molar-refractivity contribution >= 4 is 5.91 Å². The number of amides is 1. The Morgan fingerprint density at radius 1 is 1.15 bits per heavy atom. The maximum absolute atomic E-state index is 12.7. The van der Waals surface area contributed by atoms with Crippen molar-refractivity contribution < 1.29 is 14.3 Å². The number of benzene rings is 2. The quantitative estimate of drug-likeness (QED) is 0.841. The van der Waals surface area contributed by atoms with Crippen LogP contribution in [-0.4, -0.2) is 31.8 Å². The molecule has 1 aliphatic heterocycles. The molecule has 0 radical (unpaired) electrons. The first-order chi connectivity index (χ1) is 13.0. The van der Waals surface area contributed by atoms with Crippen LogP contribution in [0, 0.1) is 13.8 Å². The highest BCUT2D eigenvalue weighted by Crippen LogP contribution is 2.34. The monoisotopic (exact) mass is 367 g/mol. The van der Waals surface area contributed by atoms with Crippen molar-refractivity contribution in [2.24, 2.45) is 0 Å². The van der Waals surface area contributed by atoms with Crippen LogP contribution in [0.25, 0.3) is 0 Å². The number of carbonyl (C=O) groups excluding carboxylic acids is 1. The molecule has 1 N–H and O–H groups in total. The zero-order chi connectivity index (χ0) is 19.3. The molecule has 1 saturated heterocycles. The third-order valence-electron chi connectivity index (χ3n) is 5.45. The molecule has 0 aliphatic carbocycles. The highest BCUT2D eigenvalue weighted by Gasteiger charge is 2.35. The number of hydrogen-bond donors (Lipinski definition) is 1. The molecule has 4 nitrogen and oxygen atoms in total. The summed E-state index contributed by atoms with van der Waals surface area (Å²) >= 11 is 0. The lowest BCUT2D eigenvalue weighted by molar-refractivity contribution is -0.127. The number of nitrogens with one attached hydrogen (secondary N) is 1. The first-order valence-electron chi connectivity index (χ1n) is 9.65. The Morgan fingerprint density at radius 2 is 1.85 bits per heavy atom. The van der Waals surface area contributed by atoms with Crippen molar-refractivity contribution in [1.82, 2.24) is 5.32 Å². The molecule has 27 heavy (non-hydrogen) atoms. The fraction of sp³-hybridized carbons (Fsp3) is 0.435. The molecule has 0 unspecified atom stereocenters. The average molecular weight is 367 g/mol. The molecule has 1 atom stereocenters. The second-order valence-electron chi connectivity index (χ2n) is 7.51. The lowest BCUT2D eigenvalue weighted by Crippen LogP contribution is -2.47. The molecule has 2 aromatic carbocycles. The van der Waals surface area contributed by atoms with Crippen molar-refractivity contribution in [3.8, 4) is 5.75 Å². The van der Waals surface area contributed by atoms with E-state index >= 15 is 0 Å². The summed E-state index contributed by atoms with van der Waals surface area (Å²) in [5, 5.41) is 3.13. The summed E-state index contributed by atoms with van der Waals surface area (Å²) in [6, 6.07) is 16.5. The van der Waals surface area contributed by atoms with Gasteiger partial charge in [-0.3, -0.25) is 4.79 Å². The Kier molecular flexibility index (Phi) is 6.17. The van der Waals surface area contributed by atoms with Crippen molar-refractivity contribution in [3.05, 3.63) is 65.2 Å². The zero-order valence-corrected chi connectivity index (χ0v) is 16.5. The SMILES string of the molecule is Cc1ccc(C)c(O[C@@H](C)C(=O)NCC2(c3ccccc3)CCOCC2)c1. The normalized spacial score (nSPS) is 17.1. The van der Waals surface area contributed by atoms with E-state index in [2.05, 4.69) is 29.6 Å². The van der Waals surface area contributed by atoms with Crippen LogP contribution in [0.15, 0.2) is 48.5 Å². The predicted molar refractivity (Wildman–Crippen MR) is 107 cm³/mol. The van der Waals surface area contributed by atoms with Gasteiger partial charge in [0.2, 0.25) is 0 Å². The molecule has 144 valence electrons. The molecule has 3 rings (SSSR count). The number of hydrogen-bond acceptors (Lipinski definition) is 3. The third-order valence-corrected chi connectivity index (χ3v) is 5.45. The Bertz CT molecular complexity index is 766. The topological polar surface area (TPSA) is 47.6 Å². The molecular formula is C23H29NO3. The summed E-state index contributed by atoms with van der Waals surface area (Å²) in [5.74, 6) is 0.680. The van der Waals surface area contributed by atoms with Crippen LogP contribution in [0.3, 0.4) is 0 Å². The summed E-state index contributed by atoms with van der Waals surface area (Å²) in [5.41, 5.74) is 3.34. The third kappa shape index (κ3) is 4.69. The fourth-order valence-electron chi connectivity index (χ4n) is 3.60. The molecule has 4 heteroatoms. The zero-order valence-electron chi connectivity index (χ0n) is 16.5. The summed E-state index contributed by atoms with van der Waals surface area (Å²) in [7, 11) is 0. The summed E-state index contributed by atoms with van der Waals surface area (Å²) < 4.78 is 11.5. The van der Waals surface area contributed by atoms with E-state index in [1.54, 1.807) is 6.92 Å². The van der Waals surface area contributed by atoms with Crippen LogP contribution in [0.4, 0.5) is 0 Å². The smallest absolute Gasteiger partial charge is 0.260 e. The van der Waals surface area contributed by atoms with E-state index in [1.165, 1.54) is 5.56 Å².